The number of allylic oxidation sites excluding steroid dienone is 5. The standard InChI is InChI=1S/C19H23N3.C9H21N/c1-5-17(15(4)7-6-14(2)3)22-13-16-8-9-18-19(12-16)21-11-10-20-18;1-5-8(3)7-9(4,10)6-2/h5-12,22H,13H2,1-4H3;8H,5-7,10H2,1-4H3/b15-7-,17-5+;/t;8-,9?/m.1/s1. The zero-order valence-corrected chi connectivity index (χ0v) is 21.5. The van der Waals surface area contributed by atoms with Crippen molar-refractivity contribution in [3.63, 3.8) is 0 Å². The van der Waals surface area contributed by atoms with Gasteiger partial charge >= 0.3 is 0 Å². The van der Waals surface area contributed by atoms with Gasteiger partial charge in [-0.15, -0.1) is 0 Å². The molecule has 176 valence electrons. The molecule has 1 aromatic carbocycles. The predicted molar refractivity (Wildman–Crippen MR) is 140 cm³/mol. The summed E-state index contributed by atoms with van der Waals surface area (Å²) < 4.78 is 0. The van der Waals surface area contributed by atoms with E-state index in [2.05, 4.69) is 94.1 Å². The van der Waals surface area contributed by atoms with Gasteiger partial charge in [-0.05, 0) is 76.6 Å². The van der Waals surface area contributed by atoms with Crippen LogP contribution in [0.1, 0.15) is 80.2 Å². The smallest absolute Gasteiger partial charge is 0.0890 e. The molecular formula is C28H44N4. The van der Waals surface area contributed by atoms with E-state index >= 15 is 0 Å². The van der Waals surface area contributed by atoms with Gasteiger partial charge in [-0.2, -0.15) is 0 Å². The van der Waals surface area contributed by atoms with Crippen LogP contribution < -0.4 is 11.1 Å². The first kappa shape index (κ1) is 27.6. The van der Waals surface area contributed by atoms with Crippen molar-refractivity contribution in [2.24, 2.45) is 11.7 Å². The second kappa shape index (κ2) is 13.8. The molecule has 0 aliphatic rings. The molecule has 0 spiro atoms. The Bertz CT molecular complexity index is 918. The van der Waals surface area contributed by atoms with Crippen LogP contribution in [0.15, 0.2) is 65.7 Å². The molecule has 0 bridgehead atoms. The summed E-state index contributed by atoms with van der Waals surface area (Å²) >= 11 is 0. The zero-order valence-electron chi connectivity index (χ0n) is 21.5. The molecule has 4 heteroatoms. The minimum Gasteiger partial charge on any atom is -0.381 e. The van der Waals surface area contributed by atoms with Crippen LogP contribution in [0.25, 0.3) is 11.0 Å². The lowest BCUT2D eigenvalue weighted by Gasteiger charge is -2.25. The molecule has 2 rings (SSSR count). The highest BCUT2D eigenvalue weighted by molar-refractivity contribution is 5.74. The topological polar surface area (TPSA) is 63.8 Å². The molecule has 1 heterocycles. The number of hydrogen-bond donors (Lipinski definition) is 2. The van der Waals surface area contributed by atoms with Gasteiger partial charge in [0.05, 0.1) is 11.0 Å². The van der Waals surface area contributed by atoms with Gasteiger partial charge in [0.2, 0.25) is 0 Å². The lowest BCUT2D eigenvalue weighted by atomic mass is 9.87. The van der Waals surface area contributed by atoms with Crippen LogP contribution in [0, 0.1) is 5.92 Å². The summed E-state index contributed by atoms with van der Waals surface area (Å²) in [4.78, 5) is 8.64. The fraction of sp³-hybridized carbons (Fsp3) is 0.500. The van der Waals surface area contributed by atoms with Crippen molar-refractivity contribution >= 4 is 11.0 Å². The van der Waals surface area contributed by atoms with Gasteiger partial charge in [0.1, 0.15) is 0 Å². The van der Waals surface area contributed by atoms with Gasteiger partial charge in [0.15, 0.2) is 0 Å². The Morgan fingerprint density at radius 3 is 2.31 bits per heavy atom. The molecule has 1 aromatic heterocycles. The van der Waals surface area contributed by atoms with Gasteiger partial charge in [-0.3, -0.25) is 9.97 Å². The third-order valence-corrected chi connectivity index (χ3v) is 5.72. The van der Waals surface area contributed by atoms with Crippen molar-refractivity contribution in [2.45, 2.75) is 86.7 Å². The molecule has 1 unspecified atom stereocenters. The maximum absolute atomic E-state index is 5.99. The van der Waals surface area contributed by atoms with Crippen molar-refractivity contribution in [2.75, 3.05) is 0 Å². The van der Waals surface area contributed by atoms with Crippen molar-refractivity contribution in [1.82, 2.24) is 15.3 Å². The Kier molecular flexibility index (Phi) is 11.9. The Morgan fingerprint density at radius 1 is 1.09 bits per heavy atom. The highest BCUT2D eigenvalue weighted by Gasteiger charge is 2.17. The summed E-state index contributed by atoms with van der Waals surface area (Å²) in [7, 11) is 0. The van der Waals surface area contributed by atoms with Gasteiger partial charge < -0.3 is 11.1 Å². The highest BCUT2D eigenvalue weighted by Crippen LogP contribution is 2.19. The van der Waals surface area contributed by atoms with Crippen LogP contribution in [0.2, 0.25) is 0 Å². The second-order valence-electron chi connectivity index (χ2n) is 9.25. The second-order valence-corrected chi connectivity index (χ2v) is 9.25. The monoisotopic (exact) mass is 436 g/mol. The molecule has 0 aliphatic heterocycles. The van der Waals surface area contributed by atoms with Crippen LogP contribution >= 0.6 is 0 Å². The van der Waals surface area contributed by atoms with Crippen LogP contribution in [-0.4, -0.2) is 15.5 Å². The van der Waals surface area contributed by atoms with Crippen LogP contribution in [-0.2, 0) is 6.54 Å². The maximum atomic E-state index is 5.99. The Balaban J connectivity index is 0.000000433. The molecule has 0 saturated carbocycles. The summed E-state index contributed by atoms with van der Waals surface area (Å²) in [5, 5.41) is 3.49. The third kappa shape index (κ3) is 10.2. The lowest BCUT2D eigenvalue weighted by Crippen LogP contribution is -2.36. The number of nitrogens with two attached hydrogens (primary N) is 1. The van der Waals surface area contributed by atoms with Gasteiger partial charge in [-0.25, -0.2) is 0 Å². The molecule has 2 aromatic rings. The van der Waals surface area contributed by atoms with E-state index in [-0.39, 0.29) is 5.54 Å². The lowest BCUT2D eigenvalue weighted by molar-refractivity contribution is 0.339. The minimum atomic E-state index is 0.0649. The Labute approximate surface area is 196 Å². The summed E-state index contributed by atoms with van der Waals surface area (Å²) in [6.07, 6.45) is 13.3. The molecular weight excluding hydrogens is 392 g/mol. The summed E-state index contributed by atoms with van der Waals surface area (Å²) in [6, 6.07) is 6.19. The van der Waals surface area contributed by atoms with E-state index in [4.69, 9.17) is 5.73 Å². The Hall–Kier alpha value is -2.46. The van der Waals surface area contributed by atoms with Crippen molar-refractivity contribution in [3.05, 3.63) is 71.2 Å². The largest absolute Gasteiger partial charge is 0.381 e. The van der Waals surface area contributed by atoms with E-state index in [9.17, 15) is 0 Å². The normalized spacial score (nSPS) is 14.8. The van der Waals surface area contributed by atoms with Gasteiger partial charge in [-0.1, -0.05) is 57.1 Å². The van der Waals surface area contributed by atoms with Crippen LogP contribution in [0.4, 0.5) is 0 Å². The number of hydrogen-bond acceptors (Lipinski definition) is 4. The fourth-order valence-electron chi connectivity index (χ4n) is 3.25. The zero-order chi connectivity index (χ0) is 24.1. The number of aromatic nitrogens is 2. The van der Waals surface area contributed by atoms with Crippen LogP contribution in [0.5, 0.6) is 0 Å². The quantitative estimate of drug-likeness (QED) is 0.412. The molecule has 3 N–H and O–H groups in total. The molecule has 0 saturated heterocycles. The summed E-state index contributed by atoms with van der Waals surface area (Å²) in [5.41, 5.74) is 12.8. The van der Waals surface area contributed by atoms with E-state index in [1.54, 1.807) is 12.4 Å². The number of rotatable bonds is 9. The first-order valence-electron chi connectivity index (χ1n) is 11.8. The van der Waals surface area contributed by atoms with Crippen LogP contribution in [0.3, 0.4) is 0 Å². The summed E-state index contributed by atoms with van der Waals surface area (Å²) in [5.74, 6) is 0.773. The number of nitrogens with zero attached hydrogens (tertiary/aromatic N) is 2. The molecule has 4 nitrogen and oxygen atoms in total. The van der Waals surface area contributed by atoms with Crippen molar-refractivity contribution in [3.8, 4) is 0 Å². The van der Waals surface area contributed by atoms with Gasteiger partial charge in [0, 0.05) is 30.2 Å². The van der Waals surface area contributed by atoms with E-state index in [0.29, 0.717) is 0 Å². The number of nitrogens with one attached hydrogen (secondary N) is 1. The number of benzene rings is 1. The van der Waals surface area contributed by atoms with Crippen molar-refractivity contribution < 1.29 is 0 Å². The van der Waals surface area contributed by atoms with E-state index < -0.39 is 0 Å². The predicted octanol–water partition coefficient (Wildman–Crippen LogP) is 7.09. The van der Waals surface area contributed by atoms with Gasteiger partial charge in [0.25, 0.3) is 0 Å². The minimum absolute atomic E-state index is 0.0649. The van der Waals surface area contributed by atoms with E-state index in [1.165, 1.54) is 23.1 Å². The average Bonchev–Trinajstić information content (AvgIpc) is 2.78. The molecule has 0 amide bonds. The Morgan fingerprint density at radius 2 is 1.75 bits per heavy atom. The molecule has 0 radical (unpaired) electrons. The highest BCUT2D eigenvalue weighted by atomic mass is 14.9. The molecule has 32 heavy (non-hydrogen) atoms. The van der Waals surface area contributed by atoms with Crippen molar-refractivity contribution in [1.29, 1.82) is 0 Å². The first-order valence-corrected chi connectivity index (χ1v) is 11.8. The van der Waals surface area contributed by atoms with E-state index in [1.807, 2.05) is 13.0 Å². The maximum Gasteiger partial charge on any atom is 0.0890 e. The number of fused-ring (bicyclic) bond motifs is 1. The summed E-state index contributed by atoms with van der Waals surface area (Å²) in [6.45, 7) is 17.9. The fourth-order valence-corrected chi connectivity index (χ4v) is 3.25. The molecule has 0 fully saturated rings. The first-order chi connectivity index (χ1) is 15.1. The third-order valence-electron chi connectivity index (χ3n) is 5.72. The van der Waals surface area contributed by atoms with E-state index in [0.717, 1.165) is 42.0 Å². The molecule has 2 atom stereocenters. The SMILES string of the molecule is C/C=C(NCc1ccc2nccnc2c1)\C(C)=C/C=C(C)C.CC[C@@H](C)CC(C)(N)CC. The average molecular weight is 437 g/mol. The molecule has 0 aliphatic carbocycles.